The van der Waals surface area contributed by atoms with Gasteiger partial charge in [0.2, 0.25) is 0 Å². The molecule has 0 bridgehead atoms. The minimum Gasteiger partial charge on any atom is -0.455 e. The zero-order chi connectivity index (χ0) is 27.9. The second kappa shape index (κ2) is 6.14. The van der Waals surface area contributed by atoms with Crippen molar-refractivity contribution in [1.82, 2.24) is 9.97 Å². The Balaban J connectivity index is 1.67. The Hall–Kier alpha value is -3.72. The average molecular weight is 398 g/mol. The van der Waals surface area contributed by atoms with Crippen LogP contribution in [-0.2, 0) is 0 Å². The fourth-order valence-electron chi connectivity index (χ4n) is 4.05. The summed E-state index contributed by atoms with van der Waals surface area (Å²) in [7, 11) is 0. The van der Waals surface area contributed by atoms with E-state index in [0.29, 0.717) is 27.6 Å². The third-order valence-corrected chi connectivity index (χ3v) is 5.48. The Morgan fingerprint density at radius 1 is 0.800 bits per heavy atom. The van der Waals surface area contributed by atoms with Crippen molar-refractivity contribution in [2.24, 2.45) is 0 Å². The van der Waals surface area contributed by atoms with Gasteiger partial charge in [-0.2, -0.15) is 0 Å². The van der Waals surface area contributed by atoms with Crippen molar-refractivity contribution in [2.75, 3.05) is 0 Å². The molecule has 6 aromatic rings. The van der Waals surface area contributed by atoms with Gasteiger partial charge < -0.3 is 4.42 Å². The molecule has 0 spiro atoms. The lowest BCUT2D eigenvalue weighted by Crippen LogP contribution is -1.88. The molecule has 144 valence electrons. The van der Waals surface area contributed by atoms with Crippen molar-refractivity contribution in [3.63, 3.8) is 0 Å². The maximum Gasteiger partial charge on any atom is 0.145 e. The summed E-state index contributed by atoms with van der Waals surface area (Å²) in [6.07, 6.45) is 1.09. The number of pyridine rings is 2. The first kappa shape index (κ1) is 10.4. The fraction of sp³-hybridized carbons (Fsp3) is 0.111. The van der Waals surface area contributed by atoms with E-state index in [9.17, 15) is 0 Å². The average Bonchev–Trinajstić information content (AvgIpc) is 3.25. The van der Waals surface area contributed by atoms with E-state index in [-0.39, 0.29) is 22.5 Å². The van der Waals surface area contributed by atoms with Crippen molar-refractivity contribution in [3.8, 4) is 11.3 Å². The van der Waals surface area contributed by atoms with E-state index < -0.39 is 20.6 Å². The molecule has 6 rings (SSSR count). The van der Waals surface area contributed by atoms with Gasteiger partial charge in [-0.15, -0.1) is 0 Å². The van der Waals surface area contributed by atoms with Crippen LogP contribution in [0.5, 0.6) is 0 Å². The fourth-order valence-corrected chi connectivity index (χ4v) is 4.05. The van der Waals surface area contributed by atoms with Gasteiger partial charge in [0.15, 0.2) is 0 Å². The second-order valence-electron chi connectivity index (χ2n) is 7.27. The standard InChI is InChI=1S/C27H20N2O/c1-15-13-23(28-14-16(15)2)22-6-4-5-20-21-12-11-18-9-10-19-8-7-17(3)29-25(19)24(18)27(21)30-26(20)22/h4-14H,1-3H3/i1D3,2D3,3D3. The Bertz CT molecular complexity index is 1930. The molecule has 0 N–H and O–H groups in total. The van der Waals surface area contributed by atoms with Gasteiger partial charge in [0, 0.05) is 45.9 Å². The SMILES string of the molecule is [2H]C([2H])([2H])c1ccc2ccc3ccc4c5cccc(-c6cc(C([2H])([2H])[2H])c(C([2H])([2H])[2H])cn6)c5oc4c3c2n1. The van der Waals surface area contributed by atoms with Crippen LogP contribution in [0.3, 0.4) is 0 Å². The molecule has 3 nitrogen and oxygen atoms in total. The number of benzene rings is 3. The number of para-hydroxylation sites is 1. The molecular weight excluding hydrogens is 368 g/mol. The predicted molar refractivity (Wildman–Crippen MR) is 124 cm³/mol. The van der Waals surface area contributed by atoms with Crippen LogP contribution in [0.2, 0.25) is 0 Å². The van der Waals surface area contributed by atoms with Gasteiger partial charge in [-0.25, -0.2) is 0 Å². The Kier molecular flexibility index (Phi) is 2.12. The second-order valence-corrected chi connectivity index (χ2v) is 7.27. The topological polar surface area (TPSA) is 38.9 Å². The summed E-state index contributed by atoms with van der Waals surface area (Å²) in [6, 6.07) is 17.5. The van der Waals surface area contributed by atoms with Crippen LogP contribution in [0.1, 0.15) is 29.2 Å². The van der Waals surface area contributed by atoms with Crippen LogP contribution in [0, 0.1) is 20.6 Å². The van der Waals surface area contributed by atoms with Crippen molar-refractivity contribution < 1.29 is 16.8 Å². The van der Waals surface area contributed by atoms with Gasteiger partial charge in [-0.05, 0) is 61.3 Å². The molecule has 0 amide bonds. The first-order valence-corrected chi connectivity index (χ1v) is 9.43. The van der Waals surface area contributed by atoms with Crippen LogP contribution in [0.4, 0.5) is 0 Å². The van der Waals surface area contributed by atoms with Crippen molar-refractivity contribution >= 4 is 43.6 Å². The molecule has 0 aliphatic rings. The molecule has 0 unspecified atom stereocenters. The number of hydrogen-bond donors (Lipinski definition) is 0. The first-order chi connectivity index (χ1) is 18.2. The first-order valence-electron chi connectivity index (χ1n) is 13.9. The van der Waals surface area contributed by atoms with Gasteiger partial charge in [0.25, 0.3) is 0 Å². The number of aromatic nitrogens is 2. The summed E-state index contributed by atoms with van der Waals surface area (Å²) in [5, 5.41) is 3.74. The van der Waals surface area contributed by atoms with Gasteiger partial charge in [-0.3, -0.25) is 9.97 Å². The summed E-state index contributed by atoms with van der Waals surface area (Å²) in [5.74, 6) is 0. The molecule has 0 fully saturated rings. The van der Waals surface area contributed by atoms with Crippen LogP contribution >= 0.6 is 0 Å². The molecule has 3 heterocycles. The number of nitrogens with zero attached hydrogens (tertiary/aromatic N) is 2. The monoisotopic (exact) mass is 397 g/mol. The summed E-state index contributed by atoms with van der Waals surface area (Å²) in [4.78, 5) is 8.81. The summed E-state index contributed by atoms with van der Waals surface area (Å²) in [5.41, 5.74) is 1.56. The van der Waals surface area contributed by atoms with Crippen molar-refractivity contribution in [1.29, 1.82) is 0 Å². The Morgan fingerprint density at radius 2 is 1.63 bits per heavy atom. The number of fused-ring (bicyclic) bond motifs is 7. The van der Waals surface area contributed by atoms with E-state index >= 15 is 0 Å². The Labute approximate surface area is 186 Å². The largest absolute Gasteiger partial charge is 0.455 e. The third kappa shape index (κ3) is 2.38. The minimum absolute atomic E-state index is 0.0213. The lowest BCUT2D eigenvalue weighted by molar-refractivity contribution is 0.673. The molecule has 0 radical (unpaired) electrons. The van der Waals surface area contributed by atoms with E-state index in [2.05, 4.69) is 9.97 Å². The highest BCUT2D eigenvalue weighted by Crippen LogP contribution is 2.40. The lowest BCUT2D eigenvalue weighted by Gasteiger charge is -2.05. The molecule has 0 saturated carbocycles. The number of hydrogen-bond acceptors (Lipinski definition) is 3. The maximum atomic E-state index is 7.92. The van der Waals surface area contributed by atoms with Gasteiger partial charge in [0.05, 0.1) is 16.6 Å². The number of furan rings is 1. The molecule has 0 aliphatic heterocycles. The quantitative estimate of drug-likeness (QED) is 0.274. The van der Waals surface area contributed by atoms with E-state index in [0.717, 1.165) is 27.7 Å². The van der Waals surface area contributed by atoms with Crippen LogP contribution in [-0.4, -0.2) is 9.97 Å². The van der Waals surface area contributed by atoms with Crippen LogP contribution < -0.4 is 0 Å². The van der Waals surface area contributed by atoms with Crippen LogP contribution in [0.25, 0.3) is 54.9 Å². The smallest absolute Gasteiger partial charge is 0.145 e. The predicted octanol–water partition coefficient (Wildman–Crippen LogP) is 7.27. The molecule has 0 atom stereocenters. The van der Waals surface area contributed by atoms with E-state index in [1.54, 1.807) is 18.2 Å². The van der Waals surface area contributed by atoms with Crippen LogP contribution in [0.15, 0.2) is 71.3 Å². The van der Waals surface area contributed by atoms with Gasteiger partial charge in [0.1, 0.15) is 11.2 Å². The zero-order valence-corrected chi connectivity index (χ0v) is 15.7. The van der Waals surface area contributed by atoms with Gasteiger partial charge in [-0.1, -0.05) is 36.4 Å². The molecule has 3 aromatic heterocycles. The zero-order valence-electron chi connectivity index (χ0n) is 24.7. The molecule has 30 heavy (non-hydrogen) atoms. The highest BCUT2D eigenvalue weighted by Gasteiger charge is 2.17. The van der Waals surface area contributed by atoms with Crippen molar-refractivity contribution in [2.45, 2.75) is 20.6 Å². The molecule has 3 aromatic carbocycles. The summed E-state index contributed by atoms with van der Waals surface area (Å²) < 4.78 is 76.9. The number of aryl methyl sites for hydroxylation is 3. The van der Waals surface area contributed by atoms with E-state index in [1.807, 2.05) is 30.3 Å². The molecule has 0 aliphatic carbocycles. The summed E-state index contributed by atoms with van der Waals surface area (Å²) in [6.45, 7) is -7.68. The molecule has 3 heteroatoms. The lowest BCUT2D eigenvalue weighted by atomic mass is 10.0. The minimum atomic E-state index is -2.66. The molecule has 0 saturated heterocycles. The van der Waals surface area contributed by atoms with Crippen molar-refractivity contribution in [3.05, 3.63) is 83.7 Å². The molecular formula is C27H20N2O. The summed E-state index contributed by atoms with van der Waals surface area (Å²) >= 11 is 0. The third-order valence-electron chi connectivity index (χ3n) is 5.48. The highest BCUT2D eigenvalue weighted by molar-refractivity contribution is 6.23. The van der Waals surface area contributed by atoms with Gasteiger partial charge >= 0.3 is 0 Å². The number of rotatable bonds is 1. The Morgan fingerprint density at radius 3 is 2.53 bits per heavy atom. The maximum absolute atomic E-state index is 7.92. The highest BCUT2D eigenvalue weighted by atomic mass is 16.3. The van der Waals surface area contributed by atoms with E-state index in [1.165, 1.54) is 12.1 Å². The van der Waals surface area contributed by atoms with E-state index in [4.69, 9.17) is 16.8 Å². The normalized spacial score (nSPS) is 17.5.